The van der Waals surface area contributed by atoms with Crippen LogP contribution < -0.4 is 5.32 Å². The molecular formula is C27H28ClFN2O3. The van der Waals surface area contributed by atoms with Crippen LogP contribution in [0.15, 0.2) is 78.9 Å². The average Bonchev–Trinajstić information content (AvgIpc) is 2.84. The third-order valence-electron chi connectivity index (χ3n) is 5.44. The Balaban J connectivity index is 1.92. The van der Waals surface area contributed by atoms with Crippen molar-refractivity contribution < 1.29 is 19.1 Å². The lowest BCUT2D eigenvalue weighted by atomic mass is 10.0. The first-order valence-corrected chi connectivity index (χ1v) is 11.5. The second kappa shape index (κ2) is 12.9. The number of halogens is 2. The van der Waals surface area contributed by atoms with Gasteiger partial charge in [-0.25, -0.2) is 4.39 Å². The molecule has 34 heavy (non-hydrogen) atoms. The summed E-state index contributed by atoms with van der Waals surface area (Å²) in [4.78, 5) is 28.3. The predicted octanol–water partition coefficient (Wildman–Crippen LogP) is 4.16. The molecule has 0 spiro atoms. The molecule has 0 bridgehead atoms. The Morgan fingerprint density at radius 3 is 2.21 bits per heavy atom. The van der Waals surface area contributed by atoms with E-state index in [4.69, 9.17) is 16.7 Å². The van der Waals surface area contributed by atoms with E-state index in [-0.39, 0.29) is 37.2 Å². The number of aliphatic hydroxyl groups is 1. The van der Waals surface area contributed by atoms with E-state index in [1.54, 1.807) is 41.3 Å². The van der Waals surface area contributed by atoms with Crippen LogP contribution in [0.5, 0.6) is 0 Å². The quantitative estimate of drug-likeness (QED) is 0.403. The fourth-order valence-electron chi connectivity index (χ4n) is 3.63. The molecule has 2 N–H and O–H groups in total. The molecule has 178 valence electrons. The molecule has 3 aromatic rings. The van der Waals surface area contributed by atoms with Crippen molar-refractivity contribution in [2.24, 2.45) is 0 Å². The highest BCUT2D eigenvalue weighted by Gasteiger charge is 2.30. The van der Waals surface area contributed by atoms with Gasteiger partial charge in [-0.05, 0) is 47.4 Å². The highest BCUT2D eigenvalue weighted by molar-refractivity contribution is 6.30. The number of hydrogen-bond acceptors (Lipinski definition) is 3. The van der Waals surface area contributed by atoms with E-state index in [9.17, 15) is 14.0 Å². The Morgan fingerprint density at radius 2 is 1.56 bits per heavy atom. The molecule has 3 aromatic carbocycles. The van der Waals surface area contributed by atoms with E-state index in [1.165, 1.54) is 12.1 Å². The van der Waals surface area contributed by atoms with Crippen LogP contribution in [0.2, 0.25) is 5.02 Å². The van der Waals surface area contributed by atoms with Gasteiger partial charge in [-0.3, -0.25) is 9.59 Å². The van der Waals surface area contributed by atoms with E-state index in [1.807, 2.05) is 30.3 Å². The molecule has 2 amide bonds. The number of carbonyl (C=O) groups is 2. The molecule has 3 rings (SSSR count). The van der Waals surface area contributed by atoms with Gasteiger partial charge in [0.15, 0.2) is 0 Å². The summed E-state index contributed by atoms with van der Waals surface area (Å²) < 4.78 is 13.5. The van der Waals surface area contributed by atoms with Crippen molar-refractivity contribution >= 4 is 23.4 Å². The standard InChI is InChI=1S/C27H28ClFN2O3/c28-23-11-7-21(8-12-23)18-26(33)31(19-22-9-13-24(29)14-10-22)25(27(34)30-15-4-16-32)17-20-5-2-1-3-6-20/h1-3,5-14,25,32H,4,15-19H2,(H,30,34)/t25-/m1/s1. The van der Waals surface area contributed by atoms with Gasteiger partial charge in [-0.2, -0.15) is 0 Å². The van der Waals surface area contributed by atoms with E-state index >= 15 is 0 Å². The first kappa shape index (κ1) is 25.4. The lowest BCUT2D eigenvalue weighted by Crippen LogP contribution is -2.51. The van der Waals surface area contributed by atoms with Crippen molar-refractivity contribution in [3.05, 3.63) is 106 Å². The number of carbonyl (C=O) groups excluding carboxylic acids is 2. The van der Waals surface area contributed by atoms with Gasteiger partial charge in [0.2, 0.25) is 11.8 Å². The lowest BCUT2D eigenvalue weighted by molar-refractivity contribution is -0.140. The zero-order chi connectivity index (χ0) is 24.3. The monoisotopic (exact) mass is 482 g/mol. The molecule has 0 heterocycles. The second-order valence-electron chi connectivity index (χ2n) is 8.03. The molecule has 1 atom stereocenters. The molecule has 0 aliphatic rings. The average molecular weight is 483 g/mol. The molecular weight excluding hydrogens is 455 g/mol. The van der Waals surface area contributed by atoms with Gasteiger partial charge in [-0.15, -0.1) is 0 Å². The Kier molecular flexibility index (Phi) is 9.62. The van der Waals surface area contributed by atoms with Crippen LogP contribution in [0, 0.1) is 5.82 Å². The predicted molar refractivity (Wildman–Crippen MR) is 131 cm³/mol. The molecule has 0 radical (unpaired) electrons. The van der Waals surface area contributed by atoms with Gasteiger partial charge in [0.1, 0.15) is 11.9 Å². The fraction of sp³-hybridized carbons (Fsp3) is 0.259. The minimum Gasteiger partial charge on any atom is -0.396 e. The van der Waals surface area contributed by atoms with Crippen molar-refractivity contribution in [3.63, 3.8) is 0 Å². The zero-order valence-corrected chi connectivity index (χ0v) is 19.5. The third kappa shape index (κ3) is 7.68. The van der Waals surface area contributed by atoms with Crippen LogP contribution in [0.1, 0.15) is 23.1 Å². The van der Waals surface area contributed by atoms with Crippen molar-refractivity contribution in [1.82, 2.24) is 10.2 Å². The highest BCUT2D eigenvalue weighted by Crippen LogP contribution is 2.18. The third-order valence-corrected chi connectivity index (χ3v) is 5.69. The molecule has 0 unspecified atom stereocenters. The highest BCUT2D eigenvalue weighted by atomic mass is 35.5. The van der Waals surface area contributed by atoms with E-state index in [0.29, 0.717) is 30.0 Å². The summed E-state index contributed by atoms with van der Waals surface area (Å²) in [5, 5.41) is 12.5. The van der Waals surface area contributed by atoms with Crippen molar-refractivity contribution in [2.45, 2.75) is 31.8 Å². The maximum atomic E-state index is 13.5. The van der Waals surface area contributed by atoms with Crippen LogP contribution in [0.25, 0.3) is 0 Å². The van der Waals surface area contributed by atoms with Gasteiger partial charge < -0.3 is 15.3 Å². The van der Waals surface area contributed by atoms with Gasteiger partial charge in [0.25, 0.3) is 0 Å². The van der Waals surface area contributed by atoms with E-state index in [2.05, 4.69) is 5.32 Å². The molecule has 0 saturated heterocycles. The number of rotatable bonds is 11. The van der Waals surface area contributed by atoms with Crippen LogP contribution in [-0.4, -0.2) is 41.0 Å². The Hall–Kier alpha value is -3.22. The Bertz CT molecular complexity index is 1060. The smallest absolute Gasteiger partial charge is 0.243 e. The number of aliphatic hydroxyl groups excluding tert-OH is 1. The minimum absolute atomic E-state index is 0.0432. The number of hydrogen-bond donors (Lipinski definition) is 2. The van der Waals surface area contributed by atoms with Crippen LogP contribution in [-0.2, 0) is 29.0 Å². The van der Waals surface area contributed by atoms with Crippen molar-refractivity contribution in [1.29, 1.82) is 0 Å². The fourth-order valence-corrected chi connectivity index (χ4v) is 3.75. The summed E-state index contributed by atoms with van der Waals surface area (Å²) in [7, 11) is 0. The Labute approximate surface area is 204 Å². The van der Waals surface area contributed by atoms with Gasteiger partial charge in [-0.1, -0.05) is 66.2 Å². The van der Waals surface area contributed by atoms with Crippen molar-refractivity contribution in [3.8, 4) is 0 Å². The van der Waals surface area contributed by atoms with Crippen LogP contribution in [0.3, 0.4) is 0 Å². The Morgan fingerprint density at radius 1 is 0.912 bits per heavy atom. The van der Waals surface area contributed by atoms with Crippen molar-refractivity contribution in [2.75, 3.05) is 13.2 Å². The maximum absolute atomic E-state index is 13.5. The summed E-state index contributed by atoms with van der Waals surface area (Å²) in [5.41, 5.74) is 2.40. The summed E-state index contributed by atoms with van der Waals surface area (Å²) >= 11 is 5.98. The number of nitrogens with one attached hydrogen (secondary N) is 1. The molecule has 0 aliphatic carbocycles. The maximum Gasteiger partial charge on any atom is 0.243 e. The summed E-state index contributed by atoms with van der Waals surface area (Å²) in [6.45, 7) is 0.409. The van der Waals surface area contributed by atoms with Gasteiger partial charge in [0, 0.05) is 31.1 Å². The molecule has 7 heteroatoms. The summed E-state index contributed by atoms with van der Waals surface area (Å²) in [5.74, 6) is -0.904. The largest absolute Gasteiger partial charge is 0.396 e. The number of benzene rings is 3. The van der Waals surface area contributed by atoms with Gasteiger partial charge >= 0.3 is 0 Å². The van der Waals surface area contributed by atoms with E-state index < -0.39 is 6.04 Å². The normalized spacial score (nSPS) is 11.6. The first-order chi connectivity index (χ1) is 16.5. The van der Waals surface area contributed by atoms with Crippen LogP contribution in [0.4, 0.5) is 4.39 Å². The number of nitrogens with zero attached hydrogens (tertiary/aromatic N) is 1. The molecule has 0 fully saturated rings. The molecule has 5 nitrogen and oxygen atoms in total. The number of amides is 2. The zero-order valence-electron chi connectivity index (χ0n) is 18.8. The topological polar surface area (TPSA) is 69.6 Å². The van der Waals surface area contributed by atoms with E-state index in [0.717, 1.165) is 11.1 Å². The van der Waals surface area contributed by atoms with Crippen LogP contribution >= 0.6 is 11.6 Å². The first-order valence-electron chi connectivity index (χ1n) is 11.2. The second-order valence-corrected chi connectivity index (χ2v) is 8.46. The minimum atomic E-state index is -0.786. The van der Waals surface area contributed by atoms with Gasteiger partial charge in [0.05, 0.1) is 6.42 Å². The summed E-state index contributed by atoms with van der Waals surface area (Å²) in [6, 6.07) is 21.6. The molecule has 0 saturated carbocycles. The molecule has 0 aromatic heterocycles. The SMILES string of the molecule is O=C(NCCCO)[C@@H](Cc1ccccc1)N(Cc1ccc(F)cc1)C(=O)Cc1ccc(Cl)cc1. The lowest BCUT2D eigenvalue weighted by Gasteiger charge is -2.31. The summed E-state index contributed by atoms with van der Waals surface area (Å²) in [6.07, 6.45) is 0.827. The molecule has 0 aliphatic heterocycles.